The molecule has 2 aromatic rings. The summed E-state index contributed by atoms with van der Waals surface area (Å²) in [5.74, 6) is 0. The van der Waals surface area contributed by atoms with Crippen molar-refractivity contribution < 1.29 is 0 Å². The molecule has 1 heterocycles. The van der Waals surface area contributed by atoms with Gasteiger partial charge in [-0.2, -0.15) is 0 Å². The van der Waals surface area contributed by atoms with Crippen LogP contribution in [-0.4, -0.2) is 23.9 Å². The second-order valence-electron chi connectivity index (χ2n) is 1.96. The molecule has 0 atom stereocenters. The van der Waals surface area contributed by atoms with E-state index in [2.05, 4.69) is 35.7 Å². The monoisotopic (exact) mass is 254 g/mol. The second-order valence-corrected chi connectivity index (χ2v) is 2.91. The van der Waals surface area contributed by atoms with Crippen LogP contribution in [0.5, 0.6) is 0 Å². The summed E-state index contributed by atoms with van der Waals surface area (Å²) in [6.45, 7) is 0. The maximum absolute atomic E-state index is 2.14. The molecule has 4 radical (unpaired) electrons. The molecule has 0 aliphatic carbocycles. The standard InChI is InChI=1S/C8H6S.Sn/c1-2-4-8-7(3-1)5-6-9-8;/h1-6H;. The predicted molar refractivity (Wildman–Crippen MR) is 47.6 cm³/mol. The first-order valence-electron chi connectivity index (χ1n) is 2.89. The molecule has 10 heavy (non-hydrogen) atoms. The fourth-order valence-electron chi connectivity index (χ4n) is 0.906. The van der Waals surface area contributed by atoms with Crippen LogP contribution >= 0.6 is 11.3 Å². The Morgan fingerprint density at radius 3 is 2.60 bits per heavy atom. The Labute approximate surface area is 80.8 Å². The third-order valence-corrected chi connectivity index (χ3v) is 2.26. The molecule has 0 saturated carbocycles. The van der Waals surface area contributed by atoms with Crippen LogP contribution in [0.2, 0.25) is 0 Å². The fourth-order valence-corrected chi connectivity index (χ4v) is 1.70. The van der Waals surface area contributed by atoms with Gasteiger partial charge in [0.2, 0.25) is 0 Å². The summed E-state index contributed by atoms with van der Waals surface area (Å²) in [5.41, 5.74) is 0. The predicted octanol–water partition coefficient (Wildman–Crippen LogP) is 2.52. The molecule has 0 bridgehead atoms. The van der Waals surface area contributed by atoms with Gasteiger partial charge < -0.3 is 0 Å². The van der Waals surface area contributed by atoms with Crippen molar-refractivity contribution in [1.29, 1.82) is 0 Å². The molecule has 1 aromatic heterocycles. The maximum Gasteiger partial charge on any atom is 0.0342 e. The molecular formula is C8H6SSn. The van der Waals surface area contributed by atoms with Crippen molar-refractivity contribution in [2.24, 2.45) is 0 Å². The van der Waals surface area contributed by atoms with Gasteiger partial charge in [0.25, 0.3) is 0 Å². The van der Waals surface area contributed by atoms with E-state index in [9.17, 15) is 0 Å². The van der Waals surface area contributed by atoms with Crippen molar-refractivity contribution in [2.45, 2.75) is 0 Å². The Morgan fingerprint density at radius 2 is 1.80 bits per heavy atom. The van der Waals surface area contributed by atoms with Gasteiger partial charge in [0, 0.05) is 28.6 Å². The Kier molecular flexibility index (Phi) is 2.74. The minimum Gasteiger partial charge on any atom is -0.144 e. The minimum atomic E-state index is 0. The summed E-state index contributed by atoms with van der Waals surface area (Å²) < 4.78 is 1.37. The van der Waals surface area contributed by atoms with Gasteiger partial charge >= 0.3 is 0 Å². The molecular weight excluding hydrogens is 247 g/mol. The van der Waals surface area contributed by atoms with Gasteiger partial charge in [-0.15, -0.1) is 11.3 Å². The number of thiophene rings is 1. The molecule has 0 N–H and O–H groups in total. The first kappa shape index (κ1) is 8.08. The summed E-state index contributed by atoms with van der Waals surface area (Å²) in [4.78, 5) is 0. The van der Waals surface area contributed by atoms with Crippen molar-refractivity contribution >= 4 is 45.3 Å². The van der Waals surface area contributed by atoms with Crippen LogP contribution in [0.3, 0.4) is 0 Å². The smallest absolute Gasteiger partial charge is 0.0342 e. The Bertz CT molecular complexity index is 283. The van der Waals surface area contributed by atoms with Gasteiger partial charge in [-0.05, 0) is 22.9 Å². The van der Waals surface area contributed by atoms with Crippen molar-refractivity contribution in [3.8, 4) is 0 Å². The van der Waals surface area contributed by atoms with Crippen LogP contribution in [0.15, 0.2) is 35.7 Å². The fraction of sp³-hybridized carbons (Fsp3) is 0. The van der Waals surface area contributed by atoms with Crippen molar-refractivity contribution in [1.82, 2.24) is 0 Å². The van der Waals surface area contributed by atoms with Crippen LogP contribution in [-0.2, 0) is 0 Å². The Balaban J connectivity index is 0.000000500. The average molecular weight is 253 g/mol. The van der Waals surface area contributed by atoms with E-state index in [1.165, 1.54) is 10.1 Å². The third-order valence-electron chi connectivity index (χ3n) is 1.36. The van der Waals surface area contributed by atoms with E-state index in [0.29, 0.717) is 0 Å². The van der Waals surface area contributed by atoms with Gasteiger partial charge in [0.05, 0.1) is 0 Å². The maximum atomic E-state index is 2.14. The molecule has 0 nitrogen and oxygen atoms in total. The summed E-state index contributed by atoms with van der Waals surface area (Å²) in [5, 5.41) is 3.47. The molecule has 0 amide bonds. The topological polar surface area (TPSA) is 0 Å². The minimum absolute atomic E-state index is 0. The molecule has 0 aliphatic heterocycles. The number of rotatable bonds is 0. The summed E-state index contributed by atoms with van der Waals surface area (Å²) in [7, 11) is 0. The second kappa shape index (κ2) is 3.39. The largest absolute Gasteiger partial charge is 0.144 e. The van der Waals surface area contributed by atoms with Crippen LogP contribution < -0.4 is 0 Å². The number of hydrogen-bond donors (Lipinski definition) is 0. The van der Waals surface area contributed by atoms with Crippen LogP contribution in [0.25, 0.3) is 10.1 Å². The Hall–Kier alpha value is -0.0213. The number of hydrogen-bond acceptors (Lipinski definition) is 1. The quantitative estimate of drug-likeness (QED) is 0.633. The van der Waals surface area contributed by atoms with Gasteiger partial charge in [-0.3, -0.25) is 0 Å². The van der Waals surface area contributed by atoms with Crippen LogP contribution in [0, 0.1) is 0 Å². The van der Waals surface area contributed by atoms with Crippen molar-refractivity contribution in [3.63, 3.8) is 0 Å². The zero-order valence-electron chi connectivity index (χ0n) is 5.37. The molecule has 0 saturated heterocycles. The van der Waals surface area contributed by atoms with E-state index < -0.39 is 0 Å². The Morgan fingerprint density at radius 1 is 1.00 bits per heavy atom. The van der Waals surface area contributed by atoms with E-state index in [0.717, 1.165) is 0 Å². The van der Waals surface area contributed by atoms with Crippen LogP contribution in [0.4, 0.5) is 0 Å². The molecule has 0 spiro atoms. The van der Waals surface area contributed by atoms with E-state index in [-0.39, 0.29) is 23.9 Å². The van der Waals surface area contributed by atoms with E-state index >= 15 is 0 Å². The molecule has 2 heteroatoms. The number of fused-ring (bicyclic) bond motifs is 1. The van der Waals surface area contributed by atoms with Gasteiger partial charge in [0.1, 0.15) is 0 Å². The normalized spacial score (nSPS) is 9.20. The summed E-state index contributed by atoms with van der Waals surface area (Å²) in [6.07, 6.45) is 0. The van der Waals surface area contributed by atoms with E-state index in [4.69, 9.17) is 0 Å². The third kappa shape index (κ3) is 1.35. The SMILES string of the molecule is [Sn].c1ccc2sccc2c1. The molecule has 1 aromatic carbocycles. The molecule has 48 valence electrons. The average Bonchev–Trinajstić information content (AvgIpc) is 2.33. The zero-order chi connectivity index (χ0) is 6.10. The van der Waals surface area contributed by atoms with Crippen molar-refractivity contribution in [2.75, 3.05) is 0 Å². The van der Waals surface area contributed by atoms with Crippen LogP contribution in [0.1, 0.15) is 0 Å². The summed E-state index contributed by atoms with van der Waals surface area (Å²) >= 11 is 1.79. The zero-order valence-corrected chi connectivity index (χ0v) is 9.04. The van der Waals surface area contributed by atoms with Gasteiger partial charge in [-0.25, -0.2) is 0 Å². The van der Waals surface area contributed by atoms with Crippen molar-refractivity contribution in [3.05, 3.63) is 35.7 Å². The molecule has 0 aliphatic rings. The molecule has 0 unspecified atom stereocenters. The van der Waals surface area contributed by atoms with Gasteiger partial charge in [0.15, 0.2) is 0 Å². The number of benzene rings is 1. The van der Waals surface area contributed by atoms with Gasteiger partial charge in [-0.1, -0.05) is 18.2 Å². The van der Waals surface area contributed by atoms with E-state index in [1.54, 1.807) is 11.3 Å². The first-order valence-corrected chi connectivity index (χ1v) is 3.77. The summed E-state index contributed by atoms with van der Waals surface area (Å²) in [6, 6.07) is 10.5. The van der Waals surface area contributed by atoms with E-state index in [1.807, 2.05) is 0 Å². The molecule has 2 rings (SSSR count). The molecule has 0 fully saturated rings. The first-order chi connectivity index (χ1) is 4.47.